The van der Waals surface area contributed by atoms with Crippen molar-refractivity contribution in [2.75, 3.05) is 6.61 Å². The summed E-state index contributed by atoms with van der Waals surface area (Å²) in [7, 11) is 0. The summed E-state index contributed by atoms with van der Waals surface area (Å²) >= 11 is 0. The van der Waals surface area contributed by atoms with Gasteiger partial charge in [-0.25, -0.2) is 4.79 Å². The molecule has 0 unspecified atom stereocenters. The second-order valence-electron chi connectivity index (χ2n) is 8.40. The predicted molar refractivity (Wildman–Crippen MR) is 126 cm³/mol. The van der Waals surface area contributed by atoms with Crippen molar-refractivity contribution in [3.63, 3.8) is 0 Å². The van der Waals surface area contributed by atoms with Crippen LogP contribution in [0.3, 0.4) is 0 Å². The molecule has 0 fully saturated rings. The highest BCUT2D eigenvalue weighted by Gasteiger charge is 2.26. The van der Waals surface area contributed by atoms with E-state index in [1.807, 2.05) is 18.2 Å². The van der Waals surface area contributed by atoms with E-state index in [2.05, 4.69) is 65.0 Å². The molecule has 158 valence electrons. The fourth-order valence-corrected chi connectivity index (χ4v) is 3.41. The van der Waals surface area contributed by atoms with Gasteiger partial charge in [0.05, 0.1) is 6.61 Å². The van der Waals surface area contributed by atoms with Crippen molar-refractivity contribution in [2.24, 2.45) is 5.41 Å². The first-order chi connectivity index (χ1) is 13.7. The molecule has 2 nitrogen and oxygen atoms in total. The van der Waals surface area contributed by atoms with Crippen LogP contribution in [0.2, 0.25) is 0 Å². The van der Waals surface area contributed by atoms with E-state index in [0.29, 0.717) is 12.2 Å². The highest BCUT2D eigenvalue weighted by atomic mass is 16.5. The topological polar surface area (TPSA) is 26.3 Å². The molecule has 29 heavy (non-hydrogen) atoms. The highest BCUT2D eigenvalue weighted by molar-refractivity contribution is 5.88. The Morgan fingerprint density at radius 1 is 1.00 bits per heavy atom. The van der Waals surface area contributed by atoms with Gasteiger partial charge in [0.2, 0.25) is 0 Å². The molecule has 0 saturated heterocycles. The maximum absolute atomic E-state index is 11.5. The van der Waals surface area contributed by atoms with Gasteiger partial charge >= 0.3 is 5.97 Å². The summed E-state index contributed by atoms with van der Waals surface area (Å²) in [6, 6.07) is 0. The van der Waals surface area contributed by atoms with Crippen molar-refractivity contribution in [3.05, 3.63) is 82.5 Å². The molecule has 0 N–H and O–H groups in total. The molecule has 0 heterocycles. The van der Waals surface area contributed by atoms with Gasteiger partial charge < -0.3 is 4.74 Å². The standard InChI is InChI=1S/C27H38O2/c1-8-29-26(28)24(5)16-10-9-13-21(2)14-11-15-22(3)18-19-25-23(4)17-12-20-27(25,6)7/h9-11,13-16,18-19H,8,12,17,20H2,1-7H3/b10-9+,14-11+,19-18+,21-13+,22-15+,24-16-. The number of hydrogen-bond donors (Lipinski definition) is 0. The number of rotatable bonds is 8. The summed E-state index contributed by atoms with van der Waals surface area (Å²) in [4.78, 5) is 11.5. The first-order valence-corrected chi connectivity index (χ1v) is 10.6. The van der Waals surface area contributed by atoms with E-state index in [4.69, 9.17) is 4.74 Å². The Morgan fingerprint density at radius 2 is 1.62 bits per heavy atom. The lowest BCUT2D eigenvalue weighted by atomic mass is 9.72. The average molecular weight is 395 g/mol. The van der Waals surface area contributed by atoms with E-state index in [9.17, 15) is 4.79 Å². The number of allylic oxidation sites excluding steroid dienone is 13. The molecule has 0 amide bonds. The molecule has 0 bridgehead atoms. The lowest BCUT2D eigenvalue weighted by Gasteiger charge is -2.32. The van der Waals surface area contributed by atoms with Crippen LogP contribution in [0.5, 0.6) is 0 Å². The molecule has 0 aromatic carbocycles. The van der Waals surface area contributed by atoms with Gasteiger partial charge in [-0.15, -0.1) is 0 Å². The Hall–Kier alpha value is -2.35. The van der Waals surface area contributed by atoms with Crippen LogP contribution in [0.4, 0.5) is 0 Å². The van der Waals surface area contributed by atoms with Crippen LogP contribution < -0.4 is 0 Å². The third-order valence-electron chi connectivity index (χ3n) is 5.19. The van der Waals surface area contributed by atoms with Crippen LogP contribution in [0.15, 0.2) is 82.5 Å². The predicted octanol–water partition coefficient (Wildman–Crippen LogP) is 7.58. The van der Waals surface area contributed by atoms with Gasteiger partial charge in [-0.1, -0.05) is 85.3 Å². The lowest BCUT2D eigenvalue weighted by Crippen LogP contribution is -2.19. The zero-order valence-electron chi connectivity index (χ0n) is 19.3. The van der Waals surface area contributed by atoms with E-state index in [0.717, 1.165) is 5.57 Å². The summed E-state index contributed by atoms with van der Waals surface area (Å²) in [6.07, 6.45) is 22.2. The smallest absolute Gasteiger partial charge is 0.333 e. The van der Waals surface area contributed by atoms with Crippen LogP contribution in [-0.4, -0.2) is 12.6 Å². The van der Waals surface area contributed by atoms with Gasteiger partial charge in [0.15, 0.2) is 0 Å². The summed E-state index contributed by atoms with van der Waals surface area (Å²) in [5, 5.41) is 0. The van der Waals surface area contributed by atoms with E-state index >= 15 is 0 Å². The zero-order valence-corrected chi connectivity index (χ0v) is 19.3. The van der Waals surface area contributed by atoms with Crippen LogP contribution in [-0.2, 0) is 9.53 Å². The minimum absolute atomic E-state index is 0.269. The maximum Gasteiger partial charge on any atom is 0.333 e. The Bertz CT molecular complexity index is 777. The van der Waals surface area contributed by atoms with Crippen molar-refractivity contribution < 1.29 is 9.53 Å². The molecule has 0 saturated carbocycles. The molecule has 1 rings (SSSR count). The Morgan fingerprint density at radius 3 is 2.28 bits per heavy atom. The van der Waals surface area contributed by atoms with E-state index in [1.165, 1.54) is 36.0 Å². The summed E-state index contributed by atoms with van der Waals surface area (Å²) < 4.78 is 4.95. The first-order valence-electron chi connectivity index (χ1n) is 10.6. The molecule has 0 aromatic heterocycles. The molecule has 0 spiro atoms. The molecule has 0 aliphatic heterocycles. The molecule has 1 aliphatic rings. The lowest BCUT2D eigenvalue weighted by molar-refractivity contribution is -0.138. The number of carbonyl (C=O) groups is 1. The molecule has 2 heteroatoms. The van der Waals surface area contributed by atoms with Crippen molar-refractivity contribution in [2.45, 2.75) is 67.7 Å². The maximum atomic E-state index is 11.5. The van der Waals surface area contributed by atoms with Crippen molar-refractivity contribution in [3.8, 4) is 0 Å². The van der Waals surface area contributed by atoms with Crippen LogP contribution in [0.1, 0.15) is 67.7 Å². The minimum atomic E-state index is -0.269. The van der Waals surface area contributed by atoms with Gasteiger partial charge in [0.1, 0.15) is 0 Å². The highest BCUT2D eigenvalue weighted by Crippen LogP contribution is 2.40. The SMILES string of the molecule is CCOC(=O)\C(C)=C/C=C/C=C(C)/C=C/C=C(C)/C=C/C1=C(C)CCCC1(C)C. The first kappa shape index (κ1) is 24.7. The third kappa shape index (κ3) is 9.13. The second-order valence-corrected chi connectivity index (χ2v) is 8.40. The zero-order chi connectivity index (χ0) is 21.9. The van der Waals surface area contributed by atoms with Gasteiger partial charge in [-0.05, 0) is 64.9 Å². The Labute approximate surface area is 178 Å². The van der Waals surface area contributed by atoms with Crippen molar-refractivity contribution in [1.82, 2.24) is 0 Å². The molecule has 0 aromatic rings. The number of ether oxygens (including phenoxy) is 1. The van der Waals surface area contributed by atoms with Gasteiger partial charge in [0.25, 0.3) is 0 Å². The van der Waals surface area contributed by atoms with Gasteiger partial charge in [-0.3, -0.25) is 0 Å². The van der Waals surface area contributed by atoms with Crippen LogP contribution >= 0.6 is 0 Å². The largest absolute Gasteiger partial charge is 0.463 e. The fourth-order valence-electron chi connectivity index (χ4n) is 3.41. The molecular formula is C27H38O2. The third-order valence-corrected chi connectivity index (χ3v) is 5.19. The van der Waals surface area contributed by atoms with E-state index in [-0.39, 0.29) is 11.4 Å². The van der Waals surface area contributed by atoms with Gasteiger partial charge in [0, 0.05) is 5.57 Å². The fraction of sp³-hybridized carbons (Fsp3) is 0.444. The monoisotopic (exact) mass is 394 g/mol. The van der Waals surface area contributed by atoms with Crippen LogP contribution in [0, 0.1) is 5.41 Å². The number of carbonyl (C=O) groups excluding carboxylic acids is 1. The Balaban J connectivity index is 2.67. The summed E-state index contributed by atoms with van der Waals surface area (Å²) in [5.41, 5.74) is 6.27. The summed E-state index contributed by atoms with van der Waals surface area (Å²) in [5.74, 6) is -0.269. The Kier molecular flexibility index (Phi) is 10.4. The molecule has 0 atom stereocenters. The van der Waals surface area contributed by atoms with E-state index < -0.39 is 0 Å². The van der Waals surface area contributed by atoms with E-state index in [1.54, 1.807) is 19.9 Å². The van der Waals surface area contributed by atoms with Gasteiger partial charge in [-0.2, -0.15) is 0 Å². The minimum Gasteiger partial charge on any atom is -0.463 e. The molecule has 0 radical (unpaired) electrons. The molecule has 1 aliphatic carbocycles. The quantitative estimate of drug-likeness (QED) is 0.241. The number of hydrogen-bond acceptors (Lipinski definition) is 2. The molecular weight excluding hydrogens is 356 g/mol. The van der Waals surface area contributed by atoms with Crippen molar-refractivity contribution >= 4 is 5.97 Å². The number of esters is 1. The second kappa shape index (κ2) is 12.3. The summed E-state index contributed by atoms with van der Waals surface area (Å²) in [6.45, 7) is 15.1. The van der Waals surface area contributed by atoms with Crippen molar-refractivity contribution in [1.29, 1.82) is 0 Å². The average Bonchev–Trinajstić information content (AvgIpc) is 2.64. The van der Waals surface area contributed by atoms with Crippen LogP contribution in [0.25, 0.3) is 0 Å². The normalized spacial score (nSPS) is 19.1.